The van der Waals surface area contributed by atoms with E-state index in [0.29, 0.717) is 0 Å². The number of ether oxygens (including phenoxy) is 1. The Morgan fingerprint density at radius 3 is 1.77 bits per heavy atom. The topological polar surface area (TPSA) is 12.5 Å². The standard InChI is InChI=1S/C62H41NOS/c1-61(2)50-20-7-5-16-45(50)46-33-31-41(36-54(46)61)63(40-29-26-39(27-30-40)44-18-13-19-48-47-17-6-12-25-58(47)65-60(44)48)42-32-34-49-55(37-42)62(53-35-28-38-14-3-4-15-43(38)59(49)53)51-21-8-10-23-56(51)64-57-24-11-9-22-52(57)62/h3-37H,1-2H3. The van der Waals surface area contributed by atoms with Gasteiger partial charge in [-0.3, -0.25) is 0 Å². The molecule has 0 bridgehead atoms. The van der Waals surface area contributed by atoms with E-state index in [4.69, 9.17) is 4.74 Å². The molecule has 306 valence electrons. The zero-order valence-electron chi connectivity index (χ0n) is 36.0. The fourth-order valence-corrected chi connectivity index (χ4v) is 13.1. The maximum absolute atomic E-state index is 6.77. The maximum Gasteiger partial charge on any atom is 0.132 e. The molecule has 0 radical (unpaired) electrons. The molecule has 1 aromatic heterocycles. The SMILES string of the molecule is CC1(C)c2ccccc2-c2ccc(N(c3ccc(-c4cccc5c4sc4ccccc45)cc3)c3ccc4c(c3)C3(c5ccccc5Oc5ccccc53)c3ccc5ccccc5c3-4)cc21. The zero-order valence-corrected chi connectivity index (χ0v) is 36.8. The highest BCUT2D eigenvalue weighted by Gasteiger charge is 2.51. The quantitative estimate of drug-likeness (QED) is 0.175. The van der Waals surface area contributed by atoms with E-state index in [-0.39, 0.29) is 5.41 Å². The number of hydrogen-bond donors (Lipinski definition) is 0. The van der Waals surface area contributed by atoms with Crippen LogP contribution in [-0.2, 0) is 10.8 Å². The highest BCUT2D eigenvalue weighted by atomic mass is 32.1. The van der Waals surface area contributed by atoms with Gasteiger partial charge in [-0.2, -0.15) is 0 Å². The average molecular weight is 848 g/mol. The Bertz CT molecular complexity index is 3750. The van der Waals surface area contributed by atoms with Gasteiger partial charge in [-0.1, -0.05) is 172 Å². The van der Waals surface area contributed by atoms with E-state index in [0.717, 1.165) is 39.7 Å². The van der Waals surface area contributed by atoms with Crippen LogP contribution in [0.15, 0.2) is 212 Å². The lowest BCUT2D eigenvalue weighted by Gasteiger charge is -2.39. The average Bonchev–Trinajstić information content (AvgIpc) is 3.96. The van der Waals surface area contributed by atoms with E-state index in [1.807, 2.05) is 11.3 Å². The number of para-hydroxylation sites is 2. The third kappa shape index (κ3) is 4.99. The van der Waals surface area contributed by atoms with Gasteiger partial charge in [-0.15, -0.1) is 11.3 Å². The van der Waals surface area contributed by atoms with Crippen LogP contribution in [-0.4, -0.2) is 0 Å². The molecule has 0 atom stereocenters. The smallest absolute Gasteiger partial charge is 0.132 e. The number of thiophene rings is 1. The van der Waals surface area contributed by atoms with E-state index in [9.17, 15) is 0 Å². The van der Waals surface area contributed by atoms with Crippen LogP contribution in [0.1, 0.15) is 47.2 Å². The summed E-state index contributed by atoms with van der Waals surface area (Å²) in [5.74, 6) is 1.79. The van der Waals surface area contributed by atoms with Crippen molar-refractivity contribution in [2.45, 2.75) is 24.7 Å². The molecule has 3 aliphatic rings. The van der Waals surface area contributed by atoms with Crippen LogP contribution in [0.3, 0.4) is 0 Å². The van der Waals surface area contributed by atoms with Crippen LogP contribution >= 0.6 is 11.3 Å². The summed E-state index contributed by atoms with van der Waals surface area (Å²) in [6.45, 7) is 4.74. The van der Waals surface area contributed by atoms with Crippen LogP contribution in [0.5, 0.6) is 11.5 Å². The lowest BCUT2D eigenvalue weighted by Crippen LogP contribution is -2.32. The first-order chi connectivity index (χ1) is 32.0. The van der Waals surface area contributed by atoms with E-state index in [2.05, 4.69) is 231 Å². The van der Waals surface area contributed by atoms with Gasteiger partial charge in [0.25, 0.3) is 0 Å². The Balaban J connectivity index is 1.01. The molecular weight excluding hydrogens is 807 g/mol. The minimum atomic E-state index is -0.615. The van der Waals surface area contributed by atoms with Gasteiger partial charge in [0, 0.05) is 53.8 Å². The summed E-state index contributed by atoms with van der Waals surface area (Å²) in [4.78, 5) is 2.48. The van der Waals surface area contributed by atoms with Crippen LogP contribution < -0.4 is 9.64 Å². The summed E-state index contributed by atoms with van der Waals surface area (Å²) in [6, 6.07) is 78.9. The second-order valence-electron chi connectivity index (χ2n) is 18.3. The molecule has 3 heteroatoms. The third-order valence-corrected chi connectivity index (χ3v) is 16.0. The molecule has 65 heavy (non-hydrogen) atoms. The first kappa shape index (κ1) is 36.7. The van der Waals surface area contributed by atoms with Crippen LogP contribution in [0.2, 0.25) is 0 Å². The molecule has 14 rings (SSSR count). The van der Waals surface area contributed by atoms with E-state index < -0.39 is 5.41 Å². The first-order valence-corrected chi connectivity index (χ1v) is 23.4. The fraction of sp³-hybridized carbons (Fsp3) is 0.0645. The molecule has 1 spiro atoms. The molecule has 0 N–H and O–H groups in total. The summed E-state index contributed by atoms with van der Waals surface area (Å²) in [5, 5.41) is 5.13. The molecule has 0 saturated carbocycles. The lowest BCUT2D eigenvalue weighted by atomic mass is 9.66. The van der Waals surface area contributed by atoms with Gasteiger partial charge in [0.1, 0.15) is 11.5 Å². The number of anilines is 3. The van der Waals surface area contributed by atoms with Crippen molar-refractivity contribution in [1.82, 2.24) is 0 Å². The van der Waals surface area contributed by atoms with Crippen molar-refractivity contribution >= 4 is 59.3 Å². The van der Waals surface area contributed by atoms with Gasteiger partial charge >= 0.3 is 0 Å². The van der Waals surface area contributed by atoms with E-state index in [1.54, 1.807) is 0 Å². The van der Waals surface area contributed by atoms with Crippen molar-refractivity contribution in [2.24, 2.45) is 0 Å². The number of nitrogens with zero attached hydrogens (tertiary/aromatic N) is 1. The molecule has 11 aromatic rings. The van der Waals surface area contributed by atoms with Crippen LogP contribution in [0, 0.1) is 0 Å². The molecule has 0 amide bonds. The molecule has 0 unspecified atom stereocenters. The Labute approximate surface area is 382 Å². The second kappa shape index (κ2) is 13.4. The maximum atomic E-state index is 6.77. The van der Waals surface area contributed by atoms with Crippen molar-refractivity contribution in [1.29, 1.82) is 0 Å². The molecule has 1 aliphatic heterocycles. The normalized spacial score (nSPS) is 14.4. The second-order valence-corrected chi connectivity index (χ2v) is 19.4. The van der Waals surface area contributed by atoms with Gasteiger partial charge in [0.15, 0.2) is 0 Å². The predicted molar refractivity (Wildman–Crippen MR) is 272 cm³/mol. The highest BCUT2D eigenvalue weighted by molar-refractivity contribution is 7.26. The molecule has 0 saturated heterocycles. The minimum Gasteiger partial charge on any atom is -0.457 e. The van der Waals surface area contributed by atoms with E-state index >= 15 is 0 Å². The number of benzene rings is 10. The molecule has 0 fully saturated rings. The van der Waals surface area contributed by atoms with Gasteiger partial charge in [-0.05, 0) is 121 Å². The molecule has 2 nitrogen and oxygen atoms in total. The van der Waals surface area contributed by atoms with Crippen molar-refractivity contribution in [3.8, 4) is 44.9 Å². The zero-order chi connectivity index (χ0) is 43.0. The number of fused-ring (bicyclic) bond motifs is 17. The van der Waals surface area contributed by atoms with Gasteiger partial charge in [0.2, 0.25) is 0 Å². The van der Waals surface area contributed by atoms with Crippen molar-refractivity contribution in [3.05, 3.63) is 246 Å². The monoisotopic (exact) mass is 847 g/mol. The first-order valence-electron chi connectivity index (χ1n) is 22.6. The van der Waals surface area contributed by atoms with E-state index in [1.165, 1.54) is 86.6 Å². The summed E-state index contributed by atoms with van der Waals surface area (Å²) in [7, 11) is 0. The Morgan fingerprint density at radius 2 is 0.985 bits per heavy atom. The number of rotatable bonds is 4. The van der Waals surface area contributed by atoms with Crippen LogP contribution in [0.25, 0.3) is 64.3 Å². The molecular formula is C62H41NOS. The van der Waals surface area contributed by atoms with Crippen molar-refractivity contribution < 1.29 is 4.74 Å². The molecule has 2 aliphatic carbocycles. The van der Waals surface area contributed by atoms with Gasteiger partial charge in [0.05, 0.1) is 5.41 Å². The third-order valence-electron chi connectivity index (χ3n) is 14.7. The minimum absolute atomic E-state index is 0.152. The largest absolute Gasteiger partial charge is 0.457 e. The highest BCUT2D eigenvalue weighted by Crippen LogP contribution is 2.64. The lowest BCUT2D eigenvalue weighted by molar-refractivity contribution is 0.436. The Hall–Kier alpha value is -7.72. The summed E-state index contributed by atoms with van der Waals surface area (Å²) in [5.41, 5.74) is 17.8. The van der Waals surface area contributed by atoms with Gasteiger partial charge < -0.3 is 9.64 Å². The molecule has 10 aromatic carbocycles. The number of hydrogen-bond acceptors (Lipinski definition) is 3. The Morgan fingerprint density at radius 1 is 0.400 bits per heavy atom. The fourth-order valence-electron chi connectivity index (χ4n) is 11.8. The van der Waals surface area contributed by atoms with Gasteiger partial charge in [-0.25, -0.2) is 0 Å². The van der Waals surface area contributed by atoms with Crippen molar-refractivity contribution in [2.75, 3.05) is 4.90 Å². The predicted octanol–water partition coefficient (Wildman–Crippen LogP) is 17.1. The van der Waals surface area contributed by atoms with Crippen molar-refractivity contribution in [3.63, 3.8) is 0 Å². The summed E-state index contributed by atoms with van der Waals surface area (Å²) < 4.78 is 9.41. The summed E-state index contributed by atoms with van der Waals surface area (Å²) >= 11 is 1.88. The molecule has 2 heterocycles. The summed E-state index contributed by atoms with van der Waals surface area (Å²) in [6.07, 6.45) is 0. The Kier molecular flexibility index (Phi) is 7.57. The van der Waals surface area contributed by atoms with Crippen LogP contribution in [0.4, 0.5) is 17.1 Å².